The summed E-state index contributed by atoms with van der Waals surface area (Å²) < 4.78 is 0. The van der Waals surface area contributed by atoms with E-state index in [1.807, 2.05) is 35.2 Å². The van der Waals surface area contributed by atoms with E-state index < -0.39 is 0 Å². The molecule has 34 heavy (non-hydrogen) atoms. The Kier molecular flexibility index (Phi) is 7.74. The Balaban J connectivity index is 1.36. The number of anilines is 1. The molecule has 2 aromatic carbocycles. The van der Waals surface area contributed by atoms with Crippen molar-refractivity contribution < 1.29 is 4.79 Å². The summed E-state index contributed by atoms with van der Waals surface area (Å²) in [6.07, 6.45) is 1.92. The number of hydrogen-bond acceptors (Lipinski definition) is 3. The summed E-state index contributed by atoms with van der Waals surface area (Å²) in [6, 6.07) is 19.1. The summed E-state index contributed by atoms with van der Waals surface area (Å²) in [6.45, 7) is 11.2. The summed E-state index contributed by atoms with van der Waals surface area (Å²) >= 11 is 6.01. The van der Waals surface area contributed by atoms with Gasteiger partial charge >= 0.3 is 6.03 Å². The number of amides is 2. The van der Waals surface area contributed by atoms with E-state index in [2.05, 4.69) is 62.2 Å². The molecule has 0 spiro atoms. The molecule has 1 aromatic heterocycles. The van der Waals surface area contributed by atoms with E-state index in [0.717, 1.165) is 59.8 Å². The maximum Gasteiger partial charge on any atom is 0.321 e. The topological polar surface area (TPSA) is 48.5 Å². The van der Waals surface area contributed by atoms with Gasteiger partial charge in [-0.05, 0) is 88.4 Å². The third-order valence-corrected chi connectivity index (χ3v) is 7.04. The second-order valence-corrected chi connectivity index (χ2v) is 10.2. The highest BCUT2D eigenvalue weighted by molar-refractivity contribution is 6.30. The molecular weight excluding hydrogens is 444 g/mol. The largest absolute Gasteiger partial charge is 0.324 e. The number of pyridine rings is 1. The van der Waals surface area contributed by atoms with Gasteiger partial charge in [-0.1, -0.05) is 29.8 Å². The molecule has 0 bridgehead atoms. The fourth-order valence-corrected chi connectivity index (χ4v) is 4.96. The van der Waals surface area contributed by atoms with Gasteiger partial charge in [0.2, 0.25) is 0 Å². The number of fused-ring (bicyclic) bond motifs is 1. The first-order valence-electron chi connectivity index (χ1n) is 12.3. The third kappa shape index (κ3) is 5.89. The number of urea groups is 1. The fraction of sp³-hybridized carbons (Fsp3) is 0.429. The lowest BCUT2D eigenvalue weighted by Gasteiger charge is -2.32. The van der Waals surface area contributed by atoms with Gasteiger partial charge in [0.05, 0.1) is 11.2 Å². The lowest BCUT2D eigenvalue weighted by atomic mass is 9.89. The van der Waals surface area contributed by atoms with Crippen molar-refractivity contribution >= 4 is 34.2 Å². The Hall–Kier alpha value is -2.63. The number of rotatable bonds is 6. The van der Waals surface area contributed by atoms with Crippen molar-refractivity contribution in [1.82, 2.24) is 14.8 Å². The highest BCUT2D eigenvalue weighted by Crippen LogP contribution is 2.29. The van der Waals surface area contributed by atoms with Crippen molar-refractivity contribution in [2.24, 2.45) is 0 Å². The second-order valence-electron chi connectivity index (χ2n) is 9.81. The van der Waals surface area contributed by atoms with Crippen molar-refractivity contribution in [1.29, 1.82) is 0 Å². The molecule has 0 unspecified atom stereocenters. The van der Waals surface area contributed by atoms with Crippen LogP contribution in [0.1, 0.15) is 57.7 Å². The number of nitrogens with one attached hydrogen (secondary N) is 1. The standard InChI is InChI=1S/C28H35ClN4O/c1-19(2)33(20(3)4)18-26-10-7-23-17-25(11-12-27(23)30-26)31-28(34)32-15-13-22(14-16-32)21-5-8-24(29)9-6-21/h5-12,17,19-20,22H,13-16,18H2,1-4H3,(H,31,34). The van der Waals surface area contributed by atoms with E-state index in [9.17, 15) is 4.79 Å². The van der Waals surface area contributed by atoms with Crippen LogP contribution in [0, 0.1) is 0 Å². The Morgan fingerprint density at radius 1 is 1.03 bits per heavy atom. The smallest absolute Gasteiger partial charge is 0.321 e. The van der Waals surface area contributed by atoms with E-state index in [0.29, 0.717) is 18.0 Å². The molecule has 1 aliphatic rings. The van der Waals surface area contributed by atoms with Crippen LogP contribution in [0.15, 0.2) is 54.6 Å². The van der Waals surface area contributed by atoms with Crippen molar-refractivity contribution in [3.8, 4) is 0 Å². The van der Waals surface area contributed by atoms with E-state index in [-0.39, 0.29) is 6.03 Å². The Labute approximate surface area is 208 Å². The predicted octanol–water partition coefficient (Wildman–Crippen LogP) is 6.92. The van der Waals surface area contributed by atoms with Gasteiger partial charge in [0.15, 0.2) is 0 Å². The Bertz CT molecular complexity index is 1110. The minimum Gasteiger partial charge on any atom is -0.324 e. The van der Waals surface area contributed by atoms with Gasteiger partial charge in [-0.3, -0.25) is 9.88 Å². The molecule has 4 rings (SSSR count). The van der Waals surface area contributed by atoms with Crippen LogP contribution in [0.2, 0.25) is 5.02 Å². The van der Waals surface area contributed by atoms with Gasteiger partial charge in [-0.15, -0.1) is 0 Å². The SMILES string of the molecule is CC(C)N(Cc1ccc2cc(NC(=O)N3CCC(c4ccc(Cl)cc4)CC3)ccc2n1)C(C)C. The van der Waals surface area contributed by atoms with Gasteiger partial charge in [0.25, 0.3) is 0 Å². The Morgan fingerprint density at radius 2 is 1.71 bits per heavy atom. The van der Waals surface area contributed by atoms with Gasteiger partial charge in [-0.25, -0.2) is 4.79 Å². The Morgan fingerprint density at radius 3 is 2.35 bits per heavy atom. The number of nitrogens with zero attached hydrogens (tertiary/aromatic N) is 3. The molecule has 0 atom stereocenters. The van der Waals surface area contributed by atoms with Gasteiger partial charge in [0, 0.05) is 47.8 Å². The zero-order chi connectivity index (χ0) is 24.2. The summed E-state index contributed by atoms with van der Waals surface area (Å²) in [4.78, 5) is 22.1. The molecular formula is C28H35ClN4O. The number of carbonyl (C=O) groups excluding carboxylic acids is 1. The van der Waals surface area contributed by atoms with Crippen LogP contribution in [0.25, 0.3) is 10.9 Å². The molecule has 5 nitrogen and oxygen atoms in total. The van der Waals surface area contributed by atoms with E-state index >= 15 is 0 Å². The van der Waals surface area contributed by atoms with E-state index in [4.69, 9.17) is 16.6 Å². The monoisotopic (exact) mass is 478 g/mol. The molecule has 2 heterocycles. The number of piperidine rings is 1. The van der Waals surface area contributed by atoms with Crippen LogP contribution in [-0.2, 0) is 6.54 Å². The number of halogens is 1. The van der Waals surface area contributed by atoms with Crippen LogP contribution in [-0.4, -0.2) is 46.0 Å². The second kappa shape index (κ2) is 10.7. The lowest BCUT2D eigenvalue weighted by molar-refractivity contribution is 0.164. The highest BCUT2D eigenvalue weighted by Gasteiger charge is 2.24. The average molecular weight is 479 g/mol. The zero-order valence-corrected chi connectivity index (χ0v) is 21.3. The van der Waals surface area contributed by atoms with Crippen LogP contribution in [0.4, 0.5) is 10.5 Å². The number of carbonyl (C=O) groups is 1. The molecule has 180 valence electrons. The minimum absolute atomic E-state index is 0.0389. The highest BCUT2D eigenvalue weighted by atomic mass is 35.5. The number of benzene rings is 2. The lowest BCUT2D eigenvalue weighted by Crippen LogP contribution is -2.40. The maximum absolute atomic E-state index is 12.9. The van der Waals surface area contributed by atoms with Crippen molar-refractivity contribution in [3.05, 3.63) is 70.9 Å². The first-order valence-corrected chi connectivity index (χ1v) is 12.6. The quantitative estimate of drug-likeness (QED) is 0.418. The van der Waals surface area contributed by atoms with Crippen molar-refractivity contribution in [2.45, 2.75) is 65.1 Å². The van der Waals surface area contributed by atoms with Crippen LogP contribution in [0.5, 0.6) is 0 Å². The molecule has 1 aliphatic heterocycles. The third-order valence-electron chi connectivity index (χ3n) is 6.79. The van der Waals surface area contributed by atoms with Crippen LogP contribution in [0.3, 0.4) is 0 Å². The summed E-state index contributed by atoms with van der Waals surface area (Å²) in [7, 11) is 0. The fourth-order valence-electron chi connectivity index (χ4n) is 4.84. The summed E-state index contributed by atoms with van der Waals surface area (Å²) in [5.74, 6) is 0.476. The predicted molar refractivity (Wildman–Crippen MR) is 142 cm³/mol. The maximum atomic E-state index is 12.9. The van der Waals surface area contributed by atoms with Crippen LogP contribution >= 0.6 is 11.6 Å². The summed E-state index contributed by atoms with van der Waals surface area (Å²) in [5.41, 5.74) is 4.12. The number of aromatic nitrogens is 1. The number of likely N-dealkylation sites (tertiary alicyclic amines) is 1. The molecule has 0 aliphatic carbocycles. The molecule has 1 saturated heterocycles. The molecule has 3 aromatic rings. The first-order chi connectivity index (χ1) is 16.3. The van der Waals surface area contributed by atoms with Gasteiger partial charge < -0.3 is 10.2 Å². The van der Waals surface area contributed by atoms with Gasteiger partial charge in [-0.2, -0.15) is 0 Å². The van der Waals surface area contributed by atoms with Crippen molar-refractivity contribution in [3.63, 3.8) is 0 Å². The normalized spacial score (nSPS) is 15.0. The average Bonchev–Trinajstić information content (AvgIpc) is 2.82. The molecule has 0 radical (unpaired) electrons. The van der Waals surface area contributed by atoms with Crippen molar-refractivity contribution in [2.75, 3.05) is 18.4 Å². The van der Waals surface area contributed by atoms with E-state index in [1.54, 1.807) is 0 Å². The zero-order valence-electron chi connectivity index (χ0n) is 20.6. The summed E-state index contributed by atoms with van der Waals surface area (Å²) in [5, 5.41) is 4.87. The molecule has 0 saturated carbocycles. The van der Waals surface area contributed by atoms with Gasteiger partial charge in [0.1, 0.15) is 0 Å². The first kappa shape index (κ1) is 24.5. The molecule has 1 fully saturated rings. The number of hydrogen-bond donors (Lipinski definition) is 1. The molecule has 2 amide bonds. The minimum atomic E-state index is -0.0389. The van der Waals surface area contributed by atoms with Crippen LogP contribution < -0.4 is 5.32 Å². The molecule has 1 N–H and O–H groups in total. The van der Waals surface area contributed by atoms with E-state index in [1.165, 1.54) is 5.56 Å². The molecule has 6 heteroatoms.